The minimum Gasteiger partial charge on any atom is -0.493 e. The smallest absolute Gasteiger partial charge is 0.161 e. The summed E-state index contributed by atoms with van der Waals surface area (Å²) in [6.07, 6.45) is 2.18. The third-order valence-corrected chi connectivity index (χ3v) is 4.81. The van der Waals surface area contributed by atoms with Gasteiger partial charge in [-0.2, -0.15) is 0 Å². The molecule has 2 heteroatoms. The van der Waals surface area contributed by atoms with Gasteiger partial charge in [0.05, 0.1) is 14.2 Å². The van der Waals surface area contributed by atoms with E-state index in [1.165, 1.54) is 22.3 Å². The van der Waals surface area contributed by atoms with Gasteiger partial charge in [-0.15, -0.1) is 0 Å². The molecular formula is C26H26O2. The summed E-state index contributed by atoms with van der Waals surface area (Å²) in [5, 5.41) is 0. The van der Waals surface area contributed by atoms with Gasteiger partial charge in [-0.05, 0) is 65.4 Å². The van der Waals surface area contributed by atoms with E-state index >= 15 is 0 Å². The van der Waals surface area contributed by atoms with E-state index in [2.05, 4.69) is 68.1 Å². The maximum absolute atomic E-state index is 5.49. The van der Waals surface area contributed by atoms with Crippen molar-refractivity contribution in [2.75, 3.05) is 14.2 Å². The molecule has 0 atom stereocenters. The summed E-state index contributed by atoms with van der Waals surface area (Å²) in [5.74, 6) is 1.42. The van der Waals surface area contributed by atoms with Crippen molar-refractivity contribution in [1.29, 1.82) is 0 Å². The summed E-state index contributed by atoms with van der Waals surface area (Å²) in [7, 11) is 3.30. The number of ether oxygens (including phenoxy) is 2. The Balaban J connectivity index is 2.05. The summed E-state index contributed by atoms with van der Waals surface area (Å²) in [6, 6.07) is 23.0. The molecule has 0 bridgehead atoms. The zero-order valence-corrected chi connectivity index (χ0v) is 17.0. The number of allylic oxidation sites excluding steroid dienone is 2. The zero-order chi connectivity index (χ0) is 20.1. The molecule has 142 valence electrons. The molecule has 3 aromatic rings. The molecule has 0 saturated heterocycles. The maximum Gasteiger partial charge on any atom is 0.161 e. The Morgan fingerprint density at radius 2 is 1.43 bits per heavy atom. The first kappa shape index (κ1) is 19.5. The van der Waals surface area contributed by atoms with Gasteiger partial charge in [-0.1, -0.05) is 66.8 Å². The minimum absolute atomic E-state index is 0.710. The van der Waals surface area contributed by atoms with Crippen molar-refractivity contribution in [3.8, 4) is 22.6 Å². The summed E-state index contributed by atoms with van der Waals surface area (Å²) in [6.45, 7) is 8.26. The molecule has 0 spiro atoms. The molecule has 28 heavy (non-hydrogen) atoms. The molecule has 0 aliphatic heterocycles. The highest BCUT2D eigenvalue weighted by Gasteiger charge is 2.11. The lowest BCUT2D eigenvalue weighted by Crippen LogP contribution is -1.95. The molecule has 0 aliphatic carbocycles. The quantitative estimate of drug-likeness (QED) is 0.436. The highest BCUT2D eigenvalue weighted by Crippen LogP contribution is 2.35. The van der Waals surface area contributed by atoms with Crippen LogP contribution in [0.25, 0.3) is 28.3 Å². The fraction of sp³-hybridized carbons (Fsp3) is 0.154. The van der Waals surface area contributed by atoms with E-state index in [4.69, 9.17) is 9.47 Å². The summed E-state index contributed by atoms with van der Waals surface area (Å²) >= 11 is 0. The van der Waals surface area contributed by atoms with Gasteiger partial charge in [-0.25, -0.2) is 0 Å². The van der Waals surface area contributed by atoms with Crippen molar-refractivity contribution >= 4 is 17.2 Å². The predicted molar refractivity (Wildman–Crippen MR) is 120 cm³/mol. The van der Waals surface area contributed by atoms with Crippen LogP contribution in [0.5, 0.6) is 11.5 Å². The van der Waals surface area contributed by atoms with E-state index in [1.54, 1.807) is 14.2 Å². The Kier molecular flexibility index (Phi) is 6.00. The molecule has 0 aromatic heterocycles. The van der Waals surface area contributed by atoms with Gasteiger partial charge in [0, 0.05) is 0 Å². The molecule has 3 aromatic carbocycles. The summed E-state index contributed by atoms with van der Waals surface area (Å²) in [5.41, 5.74) is 7.88. The standard InChI is InChI=1S/C26H26O2/c1-18(2)24-17-26(28-5)25(27-4)16-23(24)14-19(3)21-12-9-13-22(15-21)20-10-7-6-8-11-20/h6-17H,1H2,2-5H3/b19-14+. The lowest BCUT2D eigenvalue weighted by molar-refractivity contribution is 0.355. The van der Waals surface area contributed by atoms with Crippen molar-refractivity contribution in [2.45, 2.75) is 13.8 Å². The zero-order valence-electron chi connectivity index (χ0n) is 17.0. The Morgan fingerprint density at radius 1 is 0.786 bits per heavy atom. The average Bonchev–Trinajstić information content (AvgIpc) is 2.73. The van der Waals surface area contributed by atoms with Crippen molar-refractivity contribution < 1.29 is 9.47 Å². The van der Waals surface area contributed by atoms with E-state index in [0.29, 0.717) is 11.5 Å². The molecule has 0 fully saturated rings. The molecule has 0 N–H and O–H groups in total. The first-order valence-electron chi connectivity index (χ1n) is 9.29. The van der Waals surface area contributed by atoms with Crippen LogP contribution in [0, 0.1) is 0 Å². The minimum atomic E-state index is 0.710. The van der Waals surface area contributed by atoms with Crippen molar-refractivity contribution in [3.05, 3.63) is 90.0 Å². The van der Waals surface area contributed by atoms with E-state index in [9.17, 15) is 0 Å². The molecule has 0 unspecified atom stereocenters. The SMILES string of the molecule is C=C(C)c1cc(OC)c(OC)cc1/C=C(\C)c1cccc(-c2ccccc2)c1. The van der Waals surface area contributed by atoms with Crippen LogP contribution in [0.1, 0.15) is 30.5 Å². The van der Waals surface area contributed by atoms with Gasteiger partial charge >= 0.3 is 0 Å². The highest BCUT2D eigenvalue weighted by molar-refractivity contribution is 5.86. The third-order valence-electron chi connectivity index (χ3n) is 4.81. The van der Waals surface area contributed by atoms with Crippen LogP contribution in [0.15, 0.2) is 73.3 Å². The predicted octanol–water partition coefficient (Wildman–Crippen LogP) is 6.96. The van der Waals surface area contributed by atoms with Crippen molar-refractivity contribution in [3.63, 3.8) is 0 Å². The molecule has 2 nitrogen and oxygen atoms in total. The average molecular weight is 370 g/mol. The second-order valence-corrected chi connectivity index (χ2v) is 6.85. The fourth-order valence-corrected chi connectivity index (χ4v) is 3.27. The molecule has 0 saturated carbocycles. The Labute approximate surface area is 167 Å². The molecule has 0 amide bonds. The lowest BCUT2D eigenvalue weighted by Gasteiger charge is -2.14. The molecular weight excluding hydrogens is 344 g/mol. The third kappa shape index (κ3) is 4.17. The van der Waals surface area contributed by atoms with Gasteiger partial charge in [0.1, 0.15) is 0 Å². The normalized spacial score (nSPS) is 11.2. The number of methoxy groups -OCH3 is 2. The van der Waals surface area contributed by atoms with Crippen LogP contribution in [-0.2, 0) is 0 Å². The van der Waals surface area contributed by atoms with Crippen LogP contribution < -0.4 is 9.47 Å². The van der Waals surface area contributed by atoms with E-state index in [-0.39, 0.29) is 0 Å². The van der Waals surface area contributed by atoms with Gasteiger partial charge in [0.2, 0.25) is 0 Å². The lowest BCUT2D eigenvalue weighted by atomic mass is 9.95. The first-order chi connectivity index (χ1) is 13.5. The monoisotopic (exact) mass is 370 g/mol. The van der Waals surface area contributed by atoms with Crippen LogP contribution in [0.3, 0.4) is 0 Å². The second kappa shape index (κ2) is 8.62. The number of benzene rings is 3. The molecule has 0 radical (unpaired) electrons. The maximum atomic E-state index is 5.49. The highest BCUT2D eigenvalue weighted by atomic mass is 16.5. The van der Waals surface area contributed by atoms with E-state index in [0.717, 1.165) is 16.7 Å². The fourth-order valence-electron chi connectivity index (χ4n) is 3.27. The van der Waals surface area contributed by atoms with E-state index in [1.807, 2.05) is 25.1 Å². The van der Waals surface area contributed by atoms with E-state index < -0.39 is 0 Å². The molecule has 0 aliphatic rings. The van der Waals surface area contributed by atoms with Gasteiger partial charge in [-0.3, -0.25) is 0 Å². The number of hydrogen-bond donors (Lipinski definition) is 0. The van der Waals surface area contributed by atoms with Crippen LogP contribution in [0.2, 0.25) is 0 Å². The number of hydrogen-bond acceptors (Lipinski definition) is 2. The van der Waals surface area contributed by atoms with Crippen molar-refractivity contribution in [1.82, 2.24) is 0 Å². The van der Waals surface area contributed by atoms with Gasteiger partial charge < -0.3 is 9.47 Å². The van der Waals surface area contributed by atoms with Gasteiger partial charge in [0.25, 0.3) is 0 Å². The molecule has 3 rings (SSSR count). The van der Waals surface area contributed by atoms with Crippen molar-refractivity contribution in [2.24, 2.45) is 0 Å². The number of rotatable bonds is 6. The molecule has 0 heterocycles. The van der Waals surface area contributed by atoms with Gasteiger partial charge in [0.15, 0.2) is 11.5 Å². The second-order valence-electron chi connectivity index (χ2n) is 6.85. The Bertz CT molecular complexity index is 1010. The van der Waals surface area contributed by atoms with Crippen LogP contribution in [0.4, 0.5) is 0 Å². The first-order valence-corrected chi connectivity index (χ1v) is 9.29. The summed E-state index contributed by atoms with van der Waals surface area (Å²) in [4.78, 5) is 0. The summed E-state index contributed by atoms with van der Waals surface area (Å²) < 4.78 is 10.9. The largest absolute Gasteiger partial charge is 0.493 e. The van der Waals surface area contributed by atoms with Crippen LogP contribution in [-0.4, -0.2) is 14.2 Å². The Hall–Kier alpha value is -3.26. The van der Waals surface area contributed by atoms with Crippen LogP contribution >= 0.6 is 0 Å². The topological polar surface area (TPSA) is 18.5 Å². The Morgan fingerprint density at radius 3 is 2.07 bits per heavy atom.